The highest BCUT2D eigenvalue weighted by Crippen LogP contribution is 2.53. The highest BCUT2D eigenvalue weighted by Gasteiger charge is 2.37. The third-order valence-corrected chi connectivity index (χ3v) is 13.5. The summed E-state index contributed by atoms with van der Waals surface area (Å²) in [6.07, 6.45) is 0. The summed E-state index contributed by atoms with van der Waals surface area (Å²) in [4.78, 5) is 4.76. The van der Waals surface area contributed by atoms with Crippen LogP contribution in [-0.2, 0) is 10.8 Å². The summed E-state index contributed by atoms with van der Waals surface area (Å²) in [6.45, 7) is 9.49. The molecule has 2 aliphatic carbocycles. The number of hydrogen-bond donors (Lipinski definition) is 0. The molecule has 0 fully saturated rings. The van der Waals surface area contributed by atoms with Crippen molar-refractivity contribution in [2.75, 3.05) is 0 Å². The molecule has 2 heteroatoms. The van der Waals surface area contributed by atoms with Crippen LogP contribution in [0.4, 0.5) is 0 Å². The van der Waals surface area contributed by atoms with Crippen molar-refractivity contribution in [1.29, 1.82) is 0 Å². The largest absolute Gasteiger partial charge is 0.436 e. The Balaban J connectivity index is 1.09. The minimum atomic E-state index is -0.107. The number of para-hydroxylation sites is 2. The first-order valence-corrected chi connectivity index (χ1v) is 20.7. The van der Waals surface area contributed by atoms with E-state index in [4.69, 9.17) is 9.40 Å². The summed E-state index contributed by atoms with van der Waals surface area (Å²) in [5, 5.41) is 5.02. The van der Waals surface area contributed by atoms with Gasteiger partial charge in [0.1, 0.15) is 5.52 Å². The van der Waals surface area contributed by atoms with E-state index in [0.717, 1.165) is 22.2 Å². The Kier molecular flexibility index (Phi) is 7.06. The molecule has 1 heterocycles. The lowest BCUT2D eigenvalue weighted by Crippen LogP contribution is -2.15. The molecule has 2 nitrogen and oxygen atoms in total. The van der Waals surface area contributed by atoms with Crippen LogP contribution in [0.3, 0.4) is 0 Å². The van der Waals surface area contributed by atoms with E-state index in [9.17, 15) is 0 Å². The maximum absolute atomic E-state index is 6.13. The van der Waals surface area contributed by atoms with Gasteiger partial charge in [0.05, 0.1) is 0 Å². The Hall–Kier alpha value is -7.03. The standard InChI is InChI=1S/C57H41NO/c1-56(2)47-17-9-7-13-39(47)41-28-26-37(32-49(41)56)53-43-15-5-6-16-44(43)54(38-27-29-42-40-14-8-10-18-48(40)57(3,4)50(42)33-38)46-31-36(25-30-45(46)53)34-21-23-35(24-22-34)55-58-51-19-11-12-20-52(51)59-55/h5-33H,1-4H3. The Morgan fingerprint density at radius 2 is 0.814 bits per heavy atom. The molecule has 0 aliphatic heterocycles. The lowest BCUT2D eigenvalue weighted by Gasteiger charge is -2.24. The third-order valence-electron chi connectivity index (χ3n) is 13.5. The van der Waals surface area contributed by atoms with Gasteiger partial charge in [0.15, 0.2) is 5.58 Å². The number of aromatic nitrogens is 1. The summed E-state index contributed by atoms with van der Waals surface area (Å²) in [5.74, 6) is 0.636. The van der Waals surface area contributed by atoms with E-state index in [2.05, 4.69) is 179 Å². The Morgan fingerprint density at radius 3 is 1.42 bits per heavy atom. The first-order chi connectivity index (χ1) is 28.8. The van der Waals surface area contributed by atoms with Gasteiger partial charge in [-0.25, -0.2) is 4.98 Å². The predicted octanol–water partition coefficient (Wildman–Crippen LogP) is 15.4. The molecule has 12 rings (SSSR count). The van der Waals surface area contributed by atoms with Gasteiger partial charge >= 0.3 is 0 Å². The lowest BCUT2D eigenvalue weighted by molar-refractivity contribution is 0.620. The summed E-state index contributed by atoms with van der Waals surface area (Å²) in [5.41, 5.74) is 20.7. The fourth-order valence-electron chi connectivity index (χ4n) is 10.5. The van der Waals surface area contributed by atoms with Crippen LogP contribution >= 0.6 is 0 Å². The number of benzene rings is 9. The van der Waals surface area contributed by atoms with Gasteiger partial charge in [0.25, 0.3) is 0 Å². The van der Waals surface area contributed by atoms with Crippen molar-refractivity contribution in [3.63, 3.8) is 0 Å². The summed E-state index contributed by atoms with van der Waals surface area (Å²) in [7, 11) is 0. The van der Waals surface area contributed by atoms with Crippen molar-refractivity contribution in [3.8, 4) is 67.1 Å². The maximum Gasteiger partial charge on any atom is 0.227 e. The van der Waals surface area contributed by atoms with Crippen LogP contribution < -0.4 is 0 Å². The SMILES string of the molecule is CC1(C)c2ccccc2-c2ccc(-c3c4ccccc4c(-c4ccc5c(c4)C(C)(C)c4ccccc4-5)c4cc(-c5ccc(-c6nc7ccccc7o6)cc5)ccc34)cc21. The average molecular weight is 756 g/mol. The number of nitrogens with zero attached hydrogens (tertiary/aromatic N) is 1. The van der Waals surface area contributed by atoms with Gasteiger partial charge in [-0.05, 0) is 142 Å². The van der Waals surface area contributed by atoms with Crippen LogP contribution in [-0.4, -0.2) is 4.98 Å². The van der Waals surface area contributed by atoms with Crippen LogP contribution in [0, 0.1) is 0 Å². The number of rotatable bonds is 4. The van der Waals surface area contributed by atoms with Gasteiger partial charge in [-0.2, -0.15) is 0 Å². The summed E-state index contributed by atoms with van der Waals surface area (Å²) in [6, 6.07) is 64.9. The smallest absolute Gasteiger partial charge is 0.227 e. The zero-order valence-electron chi connectivity index (χ0n) is 33.6. The second kappa shape index (κ2) is 12.2. The molecular weight excluding hydrogens is 715 g/mol. The van der Waals surface area contributed by atoms with Crippen LogP contribution in [0.2, 0.25) is 0 Å². The summed E-state index contributed by atoms with van der Waals surface area (Å²) >= 11 is 0. The van der Waals surface area contributed by atoms with E-state index in [1.165, 1.54) is 93.9 Å². The quantitative estimate of drug-likeness (QED) is 0.167. The first kappa shape index (κ1) is 34.0. The Morgan fingerprint density at radius 1 is 0.356 bits per heavy atom. The molecule has 0 unspecified atom stereocenters. The average Bonchev–Trinajstić information content (AvgIpc) is 3.88. The highest BCUT2D eigenvalue weighted by atomic mass is 16.3. The third kappa shape index (κ3) is 4.90. The fourth-order valence-corrected chi connectivity index (χ4v) is 10.5. The molecule has 0 atom stereocenters. The summed E-state index contributed by atoms with van der Waals surface area (Å²) < 4.78 is 6.13. The molecule has 9 aromatic carbocycles. The monoisotopic (exact) mass is 755 g/mol. The van der Waals surface area contributed by atoms with E-state index in [-0.39, 0.29) is 10.8 Å². The molecule has 0 amide bonds. The van der Waals surface area contributed by atoms with E-state index in [0.29, 0.717) is 5.89 Å². The molecule has 1 aromatic heterocycles. The van der Waals surface area contributed by atoms with Crippen molar-refractivity contribution in [1.82, 2.24) is 4.98 Å². The van der Waals surface area contributed by atoms with Crippen LogP contribution in [0.15, 0.2) is 180 Å². The van der Waals surface area contributed by atoms with Gasteiger partial charge in [0, 0.05) is 16.4 Å². The van der Waals surface area contributed by atoms with Crippen LogP contribution in [0.5, 0.6) is 0 Å². The second-order valence-corrected chi connectivity index (χ2v) is 17.5. The predicted molar refractivity (Wildman–Crippen MR) is 246 cm³/mol. The van der Waals surface area contributed by atoms with Crippen molar-refractivity contribution < 1.29 is 4.42 Å². The molecule has 0 spiro atoms. The van der Waals surface area contributed by atoms with Gasteiger partial charge in [-0.15, -0.1) is 0 Å². The normalized spacial score (nSPS) is 14.4. The lowest BCUT2D eigenvalue weighted by atomic mass is 9.79. The molecule has 59 heavy (non-hydrogen) atoms. The van der Waals surface area contributed by atoms with Gasteiger partial charge in [-0.3, -0.25) is 0 Å². The zero-order valence-corrected chi connectivity index (χ0v) is 33.6. The van der Waals surface area contributed by atoms with Crippen LogP contribution in [0.1, 0.15) is 49.9 Å². The zero-order chi connectivity index (χ0) is 39.6. The highest BCUT2D eigenvalue weighted by molar-refractivity contribution is 6.22. The Labute approximate surface area is 344 Å². The van der Waals surface area contributed by atoms with E-state index in [1.807, 2.05) is 24.3 Å². The number of hydrogen-bond acceptors (Lipinski definition) is 2. The fraction of sp³-hybridized carbons (Fsp3) is 0.105. The topological polar surface area (TPSA) is 26.0 Å². The van der Waals surface area contributed by atoms with Crippen LogP contribution in [0.25, 0.3) is 99.7 Å². The molecule has 10 aromatic rings. The van der Waals surface area contributed by atoms with E-state index >= 15 is 0 Å². The van der Waals surface area contributed by atoms with Crippen molar-refractivity contribution in [2.45, 2.75) is 38.5 Å². The molecule has 0 bridgehead atoms. The van der Waals surface area contributed by atoms with E-state index < -0.39 is 0 Å². The molecular formula is C57H41NO. The van der Waals surface area contributed by atoms with Crippen molar-refractivity contribution >= 4 is 32.6 Å². The molecule has 2 aliphatic rings. The second-order valence-electron chi connectivity index (χ2n) is 17.5. The van der Waals surface area contributed by atoms with Crippen molar-refractivity contribution in [3.05, 3.63) is 198 Å². The number of fused-ring (bicyclic) bond motifs is 9. The van der Waals surface area contributed by atoms with Gasteiger partial charge < -0.3 is 4.42 Å². The van der Waals surface area contributed by atoms with Crippen molar-refractivity contribution in [2.24, 2.45) is 0 Å². The molecule has 0 N–H and O–H groups in total. The minimum Gasteiger partial charge on any atom is -0.436 e. The molecule has 0 saturated carbocycles. The minimum absolute atomic E-state index is 0.0977. The molecule has 0 saturated heterocycles. The first-order valence-electron chi connectivity index (χ1n) is 20.7. The maximum atomic E-state index is 6.13. The molecule has 0 radical (unpaired) electrons. The molecule has 280 valence electrons. The van der Waals surface area contributed by atoms with Gasteiger partial charge in [0.2, 0.25) is 5.89 Å². The number of oxazole rings is 1. The van der Waals surface area contributed by atoms with E-state index in [1.54, 1.807) is 0 Å². The Bertz CT molecular complexity index is 3340. The van der Waals surface area contributed by atoms with Gasteiger partial charge in [-0.1, -0.05) is 161 Å².